The van der Waals surface area contributed by atoms with E-state index in [1.54, 1.807) is 11.3 Å². The average molecular weight is 326 g/mol. The molecule has 2 aromatic rings. The molecule has 0 radical (unpaired) electrons. The second kappa shape index (κ2) is 6.48. The molecule has 96 valence electrons. The molecule has 0 aliphatic heterocycles. The highest BCUT2D eigenvalue weighted by Crippen LogP contribution is 2.26. The Hall–Kier alpha value is -0.680. The molecular weight excluding hydrogens is 310 g/mol. The van der Waals surface area contributed by atoms with E-state index in [2.05, 4.69) is 47.1 Å². The van der Waals surface area contributed by atoms with E-state index in [-0.39, 0.29) is 6.10 Å². The highest BCUT2D eigenvalue weighted by molar-refractivity contribution is 9.10. The predicted octanol–water partition coefficient (Wildman–Crippen LogP) is 4.04. The van der Waals surface area contributed by atoms with Crippen molar-refractivity contribution in [2.45, 2.75) is 19.6 Å². The summed E-state index contributed by atoms with van der Waals surface area (Å²) in [6.45, 7) is 3.18. The summed E-state index contributed by atoms with van der Waals surface area (Å²) in [5.74, 6) is 0. The lowest BCUT2D eigenvalue weighted by molar-refractivity contribution is 0.0479. The van der Waals surface area contributed by atoms with E-state index in [4.69, 9.17) is 10.5 Å². The summed E-state index contributed by atoms with van der Waals surface area (Å²) in [6.07, 6.45) is -0.0114. The molecule has 1 heterocycles. The molecule has 1 aromatic carbocycles. The lowest BCUT2D eigenvalue weighted by Crippen LogP contribution is -2.14. The largest absolute Gasteiger partial charge is 0.367 e. The SMILES string of the molecule is Cc1ccc(C(CN)OCc2cccc(Br)c2)s1. The molecule has 0 saturated carbocycles. The van der Waals surface area contributed by atoms with Crippen molar-refractivity contribution in [2.24, 2.45) is 5.73 Å². The molecule has 1 aromatic heterocycles. The Bertz CT molecular complexity index is 512. The molecule has 0 saturated heterocycles. The quantitative estimate of drug-likeness (QED) is 0.900. The van der Waals surface area contributed by atoms with Crippen molar-refractivity contribution in [1.29, 1.82) is 0 Å². The van der Waals surface area contributed by atoms with Crippen molar-refractivity contribution < 1.29 is 4.74 Å². The fraction of sp³-hybridized carbons (Fsp3) is 0.286. The maximum absolute atomic E-state index is 5.90. The number of hydrogen-bond acceptors (Lipinski definition) is 3. The van der Waals surface area contributed by atoms with E-state index in [0.29, 0.717) is 13.2 Å². The van der Waals surface area contributed by atoms with Gasteiger partial charge in [0.1, 0.15) is 6.10 Å². The number of benzene rings is 1. The molecule has 1 atom stereocenters. The molecule has 0 fully saturated rings. The molecule has 2 N–H and O–H groups in total. The van der Waals surface area contributed by atoms with E-state index in [1.807, 2.05) is 12.1 Å². The molecule has 0 aliphatic carbocycles. The Morgan fingerprint density at radius 1 is 1.33 bits per heavy atom. The van der Waals surface area contributed by atoms with Gasteiger partial charge in [0.2, 0.25) is 0 Å². The van der Waals surface area contributed by atoms with Crippen molar-refractivity contribution in [1.82, 2.24) is 0 Å². The fourth-order valence-corrected chi connectivity index (χ4v) is 3.10. The number of ether oxygens (including phenoxy) is 1. The summed E-state index contributed by atoms with van der Waals surface area (Å²) in [6, 6.07) is 12.3. The zero-order chi connectivity index (χ0) is 13.0. The van der Waals surface area contributed by atoms with E-state index in [0.717, 1.165) is 10.0 Å². The molecule has 4 heteroatoms. The third-order valence-corrected chi connectivity index (χ3v) is 4.22. The monoisotopic (exact) mass is 325 g/mol. The van der Waals surface area contributed by atoms with Crippen LogP contribution in [0, 0.1) is 6.92 Å². The number of hydrogen-bond donors (Lipinski definition) is 1. The molecule has 0 bridgehead atoms. The maximum Gasteiger partial charge on any atom is 0.104 e. The van der Waals surface area contributed by atoms with Crippen molar-refractivity contribution in [3.05, 3.63) is 56.2 Å². The van der Waals surface area contributed by atoms with Gasteiger partial charge in [-0.1, -0.05) is 28.1 Å². The standard InChI is InChI=1S/C14H16BrNOS/c1-10-5-6-14(18-10)13(8-16)17-9-11-3-2-4-12(15)7-11/h2-7,13H,8-9,16H2,1H3. The number of nitrogens with two attached hydrogens (primary N) is 1. The topological polar surface area (TPSA) is 35.2 Å². The Morgan fingerprint density at radius 3 is 2.78 bits per heavy atom. The van der Waals surface area contributed by atoms with Gasteiger partial charge in [0.05, 0.1) is 6.61 Å². The highest BCUT2D eigenvalue weighted by Gasteiger charge is 2.12. The summed E-state index contributed by atoms with van der Waals surface area (Å²) >= 11 is 5.20. The molecular formula is C14H16BrNOS. The first-order valence-electron chi connectivity index (χ1n) is 5.81. The Labute approximate surface area is 120 Å². The number of rotatable bonds is 5. The molecule has 0 aliphatic rings. The summed E-state index contributed by atoms with van der Waals surface area (Å²) in [4.78, 5) is 2.49. The van der Waals surface area contributed by atoms with Gasteiger partial charge in [0.15, 0.2) is 0 Å². The second-order valence-electron chi connectivity index (χ2n) is 4.11. The van der Waals surface area contributed by atoms with Gasteiger partial charge in [-0.25, -0.2) is 0 Å². The van der Waals surface area contributed by atoms with Crippen LogP contribution in [0.15, 0.2) is 40.9 Å². The van der Waals surface area contributed by atoms with Gasteiger partial charge in [-0.15, -0.1) is 11.3 Å². The summed E-state index contributed by atoms with van der Waals surface area (Å²) in [5.41, 5.74) is 6.93. The Kier molecular flexibility index (Phi) is 4.95. The normalized spacial score (nSPS) is 12.6. The lowest BCUT2D eigenvalue weighted by atomic mass is 10.2. The van der Waals surface area contributed by atoms with Crippen LogP contribution in [0.1, 0.15) is 21.4 Å². The van der Waals surface area contributed by atoms with Crippen LogP contribution in [0.3, 0.4) is 0 Å². The minimum Gasteiger partial charge on any atom is -0.367 e. The van der Waals surface area contributed by atoms with E-state index in [9.17, 15) is 0 Å². The average Bonchev–Trinajstić information content (AvgIpc) is 2.77. The molecule has 2 nitrogen and oxygen atoms in total. The van der Waals surface area contributed by atoms with Crippen LogP contribution in [0.25, 0.3) is 0 Å². The molecule has 0 spiro atoms. The van der Waals surface area contributed by atoms with Crippen molar-refractivity contribution in [3.63, 3.8) is 0 Å². The first-order valence-corrected chi connectivity index (χ1v) is 7.42. The van der Waals surface area contributed by atoms with Crippen LogP contribution < -0.4 is 5.73 Å². The van der Waals surface area contributed by atoms with Crippen molar-refractivity contribution in [3.8, 4) is 0 Å². The van der Waals surface area contributed by atoms with Gasteiger partial charge < -0.3 is 10.5 Å². The van der Waals surface area contributed by atoms with Crippen molar-refractivity contribution >= 4 is 27.3 Å². The molecule has 1 unspecified atom stereocenters. The third kappa shape index (κ3) is 3.65. The summed E-state index contributed by atoms with van der Waals surface area (Å²) in [7, 11) is 0. The smallest absolute Gasteiger partial charge is 0.104 e. The Balaban J connectivity index is 1.99. The van der Waals surface area contributed by atoms with Crippen LogP contribution in [-0.2, 0) is 11.3 Å². The van der Waals surface area contributed by atoms with E-state index < -0.39 is 0 Å². The minimum atomic E-state index is -0.0114. The second-order valence-corrected chi connectivity index (χ2v) is 6.35. The van der Waals surface area contributed by atoms with Gasteiger partial charge in [0, 0.05) is 20.8 Å². The van der Waals surface area contributed by atoms with E-state index in [1.165, 1.54) is 9.75 Å². The number of thiophene rings is 1. The van der Waals surface area contributed by atoms with Gasteiger partial charge in [-0.2, -0.15) is 0 Å². The molecule has 18 heavy (non-hydrogen) atoms. The minimum absolute atomic E-state index is 0.0114. The summed E-state index contributed by atoms with van der Waals surface area (Å²) in [5, 5.41) is 0. The zero-order valence-corrected chi connectivity index (χ0v) is 12.6. The highest BCUT2D eigenvalue weighted by atomic mass is 79.9. The predicted molar refractivity (Wildman–Crippen MR) is 79.8 cm³/mol. The lowest BCUT2D eigenvalue weighted by Gasteiger charge is -2.14. The Morgan fingerprint density at radius 2 is 2.17 bits per heavy atom. The van der Waals surface area contributed by atoms with Crippen LogP contribution >= 0.6 is 27.3 Å². The van der Waals surface area contributed by atoms with E-state index >= 15 is 0 Å². The first-order chi connectivity index (χ1) is 8.69. The van der Waals surface area contributed by atoms with Gasteiger partial charge in [-0.05, 0) is 36.8 Å². The van der Waals surface area contributed by atoms with Gasteiger partial charge >= 0.3 is 0 Å². The van der Waals surface area contributed by atoms with Crippen molar-refractivity contribution in [2.75, 3.05) is 6.54 Å². The van der Waals surface area contributed by atoms with Crippen LogP contribution in [0.2, 0.25) is 0 Å². The van der Waals surface area contributed by atoms with Crippen LogP contribution in [0.5, 0.6) is 0 Å². The number of aryl methyl sites for hydroxylation is 1. The molecule has 2 rings (SSSR count). The van der Waals surface area contributed by atoms with Gasteiger partial charge in [-0.3, -0.25) is 0 Å². The number of halogens is 1. The fourth-order valence-electron chi connectivity index (χ4n) is 1.72. The van der Waals surface area contributed by atoms with Crippen LogP contribution in [0.4, 0.5) is 0 Å². The summed E-state index contributed by atoms with van der Waals surface area (Å²) < 4.78 is 6.97. The van der Waals surface area contributed by atoms with Crippen LogP contribution in [-0.4, -0.2) is 6.54 Å². The first kappa shape index (κ1) is 13.7. The van der Waals surface area contributed by atoms with Gasteiger partial charge in [0.25, 0.3) is 0 Å². The molecule has 0 amide bonds. The maximum atomic E-state index is 5.90. The third-order valence-electron chi connectivity index (χ3n) is 2.63. The zero-order valence-electron chi connectivity index (χ0n) is 10.2.